The van der Waals surface area contributed by atoms with Crippen LogP contribution in [0.25, 0.3) is 21.7 Å². The van der Waals surface area contributed by atoms with Crippen LogP contribution in [0.5, 0.6) is 5.75 Å². The summed E-state index contributed by atoms with van der Waals surface area (Å²) >= 11 is 6.45. The van der Waals surface area contributed by atoms with Gasteiger partial charge in [0.05, 0.1) is 34.1 Å². The third-order valence-corrected chi connectivity index (χ3v) is 19.6. The number of aromatic nitrogens is 12. The van der Waals surface area contributed by atoms with Gasteiger partial charge in [0.25, 0.3) is 53.2 Å². The van der Waals surface area contributed by atoms with Gasteiger partial charge in [-0.1, -0.05) is 24.3 Å². The van der Waals surface area contributed by atoms with E-state index < -0.39 is 65.1 Å². The minimum atomic E-state index is -1.40. The van der Waals surface area contributed by atoms with E-state index in [4.69, 9.17) is 11.6 Å². The first-order valence-corrected chi connectivity index (χ1v) is 37.0. The number of aromatic amines is 1. The summed E-state index contributed by atoms with van der Waals surface area (Å²) in [4.78, 5) is 192. The van der Waals surface area contributed by atoms with Gasteiger partial charge in [-0.05, 0) is 72.0 Å². The van der Waals surface area contributed by atoms with Crippen molar-refractivity contribution in [2.45, 2.75) is 38.6 Å². The molecule has 118 heavy (non-hydrogen) atoms. The number of benzene rings is 3. The molecule has 0 saturated heterocycles. The number of anilines is 10. The van der Waals surface area contributed by atoms with Crippen molar-refractivity contribution >= 4 is 167 Å². The third kappa shape index (κ3) is 17.6. The lowest BCUT2D eigenvalue weighted by Crippen LogP contribution is -2.46. The second-order valence-electron chi connectivity index (χ2n) is 28.2. The monoisotopic (exact) mass is 1630 g/mol. The number of nitrogens with zero attached hydrogens (tertiary/aromatic N) is 12. The van der Waals surface area contributed by atoms with Crippen molar-refractivity contribution in [1.29, 1.82) is 0 Å². The molecule has 3 aromatic carbocycles. The van der Waals surface area contributed by atoms with Crippen LogP contribution in [-0.4, -0.2) is 170 Å². The highest BCUT2D eigenvalue weighted by atomic mass is 35.5. The molecule has 0 aliphatic carbocycles. The Hall–Kier alpha value is -15.3. The zero-order chi connectivity index (χ0) is 84.4. The Morgan fingerprint density at radius 3 is 1.36 bits per heavy atom. The van der Waals surface area contributed by atoms with Gasteiger partial charge in [0, 0.05) is 186 Å². The smallest absolute Gasteiger partial charge is 0.291 e. The van der Waals surface area contributed by atoms with Crippen LogP contribution >= 0.6 is 11.6 Å². The number of hydrogen-bond acceptors (Lipinski definition) is 17. The molecule has 14 N–H and O–H groups in total. The van der Waals surface area contributed by atoms with Gasteiger partial charge in [-0.15, -0.1) is 11.6 Å². The Morgan fingerprint density at radius 1 is 0.458 bits per heavy atom. The van der Waals surface area contributed by atoms with E-state index in [0.717, 1.165) is 10.9 Å². The number of hydrogen-bond donors (Lipinski definition) is 14. The highest BCUT2D eigenvalue weighted by Gasteiger charge is 2.36. The molecule has 13 rings (SSSR count). The molecule has 0 spiro atoms. The molecule has 2 atom stereocenters. The number of nitrogens with one attached hydrogen (secondary N) is 13. The lowest BCUT2D eigenvalue weighted by molar-refractivity contribution is -0.126. The van der Waals surface area contributed by atoms with Crippen molar-refractivity contribution < 1.29 is 67.4 Å². The molecule has 1 unspecified atom stereocenters. The van der Waals surface area contributed by atoms with Crippen molar-refractivity contribution in [3.8, 4) is 5.75 Å². The summed E-state index contributed by atoms with van der Waals surface area (Å²) in [5.74, 6) is -7.79. The number of phenolic OH excluding ortho intramolecular Hbond substituents is 1. The quantitative estimate of drug-likeness (QED) is 0.0248. The molecule has 608 valence electrons. The molecule has 0 fully saturated rings. The molecule has 39 nitrogen and oxygen atoms in total. The van der Waals surface area contributed by atoms with E-state index in [1.54, 1.807) is 83.7 Å². The van der Waals surface area contributed by atoms with Crippen LogP contribution < -0.4 is 68.7 Å². The predicted molar refractivity (Wildman–Crippen MR) is 437 cm³/mol. The Balaban J connectivity index is 0.635. The summed E-state index contributed by atoms with van der Waals surface area (Å²) in [6.45, 7) is 2.47. The molecule has 10 heterocycles. The molecule has 1 aliphatic heterocycles. The fraction of sp³-hybridized carbons (Fsp3) is 0.231. The molecule has 0 bridgehead atoms. The second kappa shape index (κ2) is 33.4. The first kappa shape index (κ1) is 80.7. The topological polar surface area (TPSA) is 484 Å². The van der Waals surface area contributed by atoms with Crippen LogP contribution in [0.4, 0.5) is 57.3 Å². The summed E-state index contributed by atoms with van der Waals surface area (Å²) in [6.07, 6.45) is 11.1. The summed E-state index contributed by atoms with van der Waals surface area (Å²) < 4.78 is 11.5. The zero-order valence-corrected chi connectivity index (χ0v) is 65.9. The van der Waals surface area contributed by atoms with Crippen LogP contribution in [0, 0.1) is 0 Å². The number of rotatable bonds is 27. The highest BCUT2D eigenvalue weighted by molar-refractivity contribution is 6.20. The number of aromatic hydroxyl groups is 1. The molecule has 40 heteroatoms. The Morgan fingerprint density at radius 2 is 0.881 bits per heavy atom. The zero-order valence-electron chi connectivity index (χ0n) is 65.1. The summed E-state index contributed by atoms with van der Waals surface area (Å²) in [7, 11) is 12.5. The lowest BCUT2D eigenvalue weighted by atomic mass is 9.95. The van der Waals surface area contributed by atoms with Gasteiger partial charge in [-0.3, -0.25) is 62.3 Å². The van der Waals surface area contributed by atoms with Crippen LogP contribution in [0.2, 0.25) is 0 Å². The van der Waals surface area contributed by atoms with Gasteiger partial charge >= 0.3 is 0 Å². The fourth-order valence-electron chi connectivity index (χ4n) is 13.8. The molecular weight excluding hydrogens is 1550 g/mol. The van der Waals surface area contributed by atoms with Crippen molar-refractivity contribution in [1.82, 2.24) is 72.4 Å². The number of halogens is 1. The second-order valence-corrected chi connectivity index (χ2v) is 28.5. The maximum atomic E-state index is 14.4. The molecule has 9 aromatic heterocycles. The summed E-state index contributed by atoms with van der Waals surface area (Å²) in [5.41, 5.74) is 4.68. The van der Waals surface area contributed by atoms with Crippen molar-refractivity contribution in [3.63, 3.8) is 0 Å². The minimum absolute atomic E-state index is 0.000331. The van der Waals surface area contributed by atoms with Crippen LogP contribution in [-0.2, 0) is 75.6 Å². The van der Waals surface area contributed by atoms with Crippen molar-refractivity contribution in [2.75, 3.05) is 78.3 Å². The standard InChI is InChI=1S/C78H80ClN25O14/c1-39(105)82-44-23-57(98(5)31-44)73(113)85-45-24-55(96(3)32-45)71(111)81-20-18-64(108)90-52(17-19-80-70(110)56-25-46(33-97(56)4)86-77(117)68-93-63(38-103(68)10)95-74(114)59-27-48(35-100(59)7)88-75(115)66-91-61(36-101(66)8)83-40(2)106)69(109)94-62-37-102(9)67(92-62)76(116)87-47-26-58(99(6)34-47)72(112)84-43-15-16-51-41(21-43)22-53(89-51)78(118)104-30-42(29-79)65-50-14-12-11-13-49(50)60(107)28-54(65)104/h11-16,21-28,31-38,42,52,89,107H,17-20,29-30H2,1-10H3,(H,80,110)(H,81,111)(H,82,105)(H,83,106)(H,84,112)(H,85,113)(H,86,117)(H,87,116)(H,88,115)(H,90,108)(H,94,109)(H,95,114)/t42?,52-/m0/s1. The fourth-order valence-corrected chi connectivity index (χ4v) is 14.0. The number of imidazole rings is 3. The van der Waals surface area contributed by atoms with Gasteiger partial charge in [-0.25, -0.2) is 15.0 Å². The maximum absolute atomic E-state index is 14.4. The van der Waals surface area contributed by atoms with Crippen molar-refractivity contribution in [3.05, 3.63) is 192 Å². The van der Waals surface area contributed by atoms with Gasteiger partial charge in [0.2, 0.25) is 41.1 Å². The summed E-state index contributed by atoms with van der Waals surface area (Å²) in [6, 6.07) is 21.5. The number of carbonyl (C=O) groups excluding carboxylic acids is 13. The Labute approximate surface area is 674 Å². The number of carbonyl (C=O) groups is 13. The molecule has 13 amide bonds. The van der Waals surface area contributed by atoms with Gasteiger partial charge in [0.1, 0.15) is 46.0 Å². The highest BCUT2D eigenvalue weighted by Crippen LogP contribution is 2.46. The molecule has 12 aromatic rings. The molecule has 1 aliphatic rings. The SMILES string of the molecule is CC(=O)Nc1cc(C(=O)Nc2cc(C(=O)NCCC(=O)N[C@@H](CCNC(=O)c3cc(NC(=O)c4nc(NC(=O)c5cc(NC(=O)c6nc(NC(C)=O)cn6C)cn5C)cn4C)cn3C)C(=O)Nc3cn(C)c(C(=O)Nc4cc(C(=O)Nc5ccc6[nH]c(C(=O)N7CC(CCl)c8c7cc(O)c7ccccc87)cc6c5)n(C)c4)n3)n(C)c2)n(C)c1. The van der Waals surface area contributed by atoms with Gasteiger partial charge < -0.3 is 115 Å². The van der Waals surface area contributed by atoms with Crippen LogP contribution in [0.3, 0.4) is 0 Å². The van der Waals surface area contributed by atoms with E-state index in [1.807, 2.05) is 24.3 Å². The largest absolute Gasteiger partial charge is 0.507 e. The van der Waals surface area contributed by atoms with Gasteiger partial charge in [0.15, 0.2) is 17.5 Å². The van der Waals surface area contributed by atoms with E-state index in [0.29, 0.717) is 39.9 Å². The van der Waals surface area contributed by atoms with E-state index >= 15 is 0 Å². The number of fused-ring (bicyclic) bond motifs is 4. The minimum Gasteiger partial charge on any atom is -0.507 e. The summed E-state index contributed by atoms with van der Waals surface area (Å²) in [5, 5.41) is 45.2. The number of alkyl halides is 1. The maximum Gasteiger partial charge on any atom is 0.291 e. The third-order valence-electron chi connectivity index (χ3n) is 19.3. The van der Waals surface area contributed by atoms with E-state index in [1.165, 1.54) is 138 Å². The van der Waals surface area contributed by atoms with E-state index in [9.17, 15) is 67.4 Å². The van der Waals surface area contributed by atoms with Crippen LogP contribution in [0.1, 0.15) is 133 Å². The van der Waals surface area contributed by atoms with Crippen molar-refractivity contribution in [2.24, 2.45) is 56.4 Å². The number of aryl methyl sites for hydroxylation is 8. The van der Waals surface area contributed by atoms with E-state index in [2.05, 4.69) is 83.7 Å². The average Bonchev–Trinajstić information content (AvgIpc) is 1.58. The number of phenols is 1. The Kier molecular flexibility index (Phi) is 22.9. The predicted octanol–water partition coefficient (Wildman–Crippen LogP) is 6.40. The van der Waals surface area contributed by atoms with E-state index in [-0.39, 0.29) is 153 Å². The first-order valence-electron chi connectivity index (χ1n) is 36.5. The van der Waals surface area contributed by atoms with Crippen LogP contribution in [0.15, 0.2) is 135 Å². The molecule has 0 saturated carbocycles. The molecule has 0 radical (unpaired) electrons. The lowest BCUT2D eigenvalue weighted by Gasteiger charge is -2.18. The number of amides is 13. The van der Waals surface area contributed by atoms with Gasteiger partial charge in [-0.2, -0.15) is 0 Å². The first-order chi connectivity index (χ1) is 56.2. The average molecular weight is 1630 g/mol. The molecular formula is C78H80ClN25O14. The normalized spacial score (nSPS) is 12.5. The Bertz CT molecular complexity index is 6130. The number of H-pyrrole nitrogens is 1.